The number of hydrazone groups is 1. The molecule has 8 heteroatoms. The number of benzene rings is 1. The first-order valence-electron chi connectivity index (χ1n) is 7.02. The molecule has 0 heterocycles. The molecule has 1 amide bonds. The van der Waals surface area contributed by atoms with E-state index in [-0.39, 0.29) is 12.5 Å². The van der Waals surface area contributed by atoms with Gasteiger partial charge in [-0.15, -0.1) is 0 Å². The molecule has 23 heavy (non-hydrogen) atoms. The molecule has 0 spiro atoms. The Balaban J connectivity index is 2.93. The summed E-state index contributed by atoms with van der Waals surface area (Å²) >= 11 is 3.38. The molecule has 1 aromatic rings. The van der Waals surface area contributed by atoms with E-state index >= 15 is 0 Å². The molecule has 0 aliphatic heterocycles. The Morgan fingerprint density at radius 1 is 1.22 bits per heavy atom. The summed E-state index contributed by atoms with van der Waals surface area (Å²) in [4.78, 5) is 22.2. The Morgan fingerprint density at radius 3 is 2.52 bits per heavy atom. The maximum atomic E-state index is 11.4. The summed E-state index contributed by atoms with van der Waals surface area (Å²) in [5.74, 6) is 0.145. The van der Waals surface area contributed by atoms with Crippen LogP contribution >= 0.6 is 15.9 Å². The van der Waals surface area contributed by atoms with Crippen molar-refractivity contribution in [3.63, 3.8) is 0 Å². The molecule has 0 aromatic heterocycles. The lowest BCUT2D eigenvalue weighted by atomic mass is 10.2. The van der Waals surface area contributed by atoms with Crippen LogP contribution in [0.3, 0.4) is 0 Å². The van der Waals surface area contributed by atoms with E-state index in [1.54, 1.807) is 19.1 Å². The first-order valence-corrected chi connectivity index (χ1v) is 7.81. The lowest BCUT2D eigenvalue weighted by Gasteiger charge is -2.13. The van der Waals surface area contributed by atoms with Gasteiger partial charge in [-0.3, -0.25) is 4.79 Å². The number of hydrogen-bond acceptors (Lipinski definition) is 6. The van der Waals surface area contributed by atoms with Crippen molar-refractivity contribution in [2.75, 3.05) is 19.8 Å². The lowest BCUT2D eigenvalue weighted by molar-refractivity contribution is -0.145. The second-order valence-corrected chi connectivity index (χ2v) is 5.13. The number of carbonyl (C=O) groups is 2. The molecule has 0 aliphatic rings. The molecule has 0 radical (unpaired) electrons. The molecule has 0 saturated heterocycles. The van der Waals surface area contributed by atoms with Gasteiger partial charge in [-0.2, -0.15) is 5.10 Å². The zero-order chi connectivity index (χ0) is 17.2. The zero-order valence-corrected chi connectivity index (χ0v) is 14.8. The minimum Gasteiger partial charge on any atom is -0.490 e. The molecule has 1 N–H and O–H groups in total. The highest BCUT2D eigenvalue weighted by molar-refractivity contribution is 9.10. The molecular weight excluding hydrogens is 368 g/mol. The van der Waals surface area contributed by atoms with Crippen molar-refractivity contribution in [3.8, 4) is 11.5 Å². The van der Waals surface area contributed by atoms with Crippen LogP contribution in [0.25, 0.3) is 0 Å². The predicted molar refractivity (Wildman–Crippen MR) is 88.8 cm³/mol. The molecule has 126 valence electrons. The summed E-state index contributed by atoms with van der Waals surface area (Å²) < 4.78 is 16.4. The predicted octanol–water partition coefficient (Wildman–Crippen LogP) is 2.26. The van der Waals surface area contributed by atoms with Gasteiger partial charge in [-0.25, -0.2) is 10.2 Å². The van der Waals surface area contributed by atoms with Gasteiger partial charge < -0.3 is 14.2 Å². The van der Waals surface area contributed by atoms with Crippen LogP contribution in [-0.2, 0) is 14.3 Å². The van der Waals surface area contributed by atoms with Crippen molar-refractivity contribution < 1.29 is 23.8 Å². The fraction of sp³-hybridized carbons (Fsp3) is 0.400. The lowest BCUT2D eigenvalue weighted by Crippen LogP contribution is -2.15. The molecule has 0 atom stereocenters. The third-order valence-corrected chi connectivity index (χ3v) is 3.13. The van der Waals surface area contributed by atoms with Crippen LogP contribution in [0.4, 0.5) is 0 Å². The molecule has 0 unspecified atom stereocenters. The van der Waals surface area contributed by atoms with Gasteiger partial charge in [0.05, 0.1) is 19.4 Å². The van der Waals surface area contributed by atoms with Crippen molar-refractivity contribution in [1.29, 1.82) is 0 Å². The Kier molecular flexibility index (Phi) is 8.10. The van der Waals surface area contributed by atoms with Crippen LogP contribution in [0, 0.1) is 0 Å². The number of hydrogen-bond donors (Lipinski definition) is 1. The van der Waals surface area contributed by atoms with Gasteiger partial charge in [0.1, 0.15) is 0 Å². The summed E-state index contributed by atoms with van der Waals surface area (Å²) in [6.45, 7) is 5.44. The van der Waals surface area contributed by atoms with E-state index < -0.39 is 5.97 Å². The SMILES string of the molecule is CCOC(=O)COc1cc(Br)c(C=NNC(C)=O)cc1OCC. The summed E-state index contributed by atoms with van der Waals surface area (Å²) in [5, 5.41) is 3.81. The summed E-state index contributed by atoms with van der Waals surface area (Å²) in [6, 6.07) is 3.36. The molecule has 1 rings (SSSR count). The second kappa shape index (κ2) is 9.83. The summed E-state index contributed by atoms with van der Waals surface area (Å²) in [6.07, 6.45) is 1.48. The van der Waals surface area contributed by atoms with Gasteiger partial charge in [-0.05, 0) is 41.9 Å². The van der Waals surface area contributed by atoms with Gasteiger partial charge in [0.2, 0.25) is 5.91 Å². The molecule has 0 bridgehead atoms. The topological polar surface area (TPSA) is 86.2 Å². The molecule has 0 aliphatic carbocycles. The molecule has 0 saturated carbocycles. The van der Waals surface area contributed by atoms with Crippen molar-refractivity contribution in [3.05, 3.63) is 22.2 Å². The van der Waals surface area contributed by atoms with Crippen molar-refractivity contribution in [2.45, 2.75) is 20.8 Å². The minimum atomic E-state index is -0.456. The number of rotatable bonds is 8. The largest absolute Gasteiger partial charge is 0.490 e. The number of nitrogens with one attached hydrogen (secondary N) is 1. The summed E-state index contributed by atoms with van der Waals surface area (Å²) in [7, 11) is 0. The number of nitrogens with zero attached hydrogens (tertiary/aromatic N) is 1. The number of esters is 1. The van der Waals surface area contributed by atoms with E-state index in [0.29, 0.717) is 34.7 Å². The van der Waals surface area contributed by atoms with Crippen LogP contribution in [0.2, 0.25) is 0 Å². The Hall–Kier alpha value is -2.09. The van der Waals surface area contributed by atoms with E-state index in [1.165, 1.54) is 13.1 Å². The molecule has 0 fully saturated rings. The van der Waals surface area contributed by atoms with Gasteiger partial charge in [0.25, 0.3) is 0 Å². The average Bonchev–Trinajstić information content (AvgIpc) is 2.48. The van der Waals surface area contributed by atoms with Gasteiger partial charge in [0.15, 0.2) is 18.1 Å². The highest BCUT2D eigenvalue weighted by Crippen LogP contribution is 2.33. The Bertz CT molecular complexity index is 589. The smallest absolute Gasteiger partial charge is 0.344 e. The van der Waals surface area contributed by atoms with E-state index in [0.717, 1.165) is 0 Å². The number of carbonyl (C=O) groups excluding carboxylic acids is 2. The van der Waals surface area contributed by atoms with E-state index in [2.05, 4.69) is 26.5 Å². The fourth-order valence-corrected chi connectivity index (χ4v) is 1.99. The van der Waals surface area contributed by atoms with E-state index in [4.69, 9.17) is 14.2 Å². The standard InChI is InChI=1S/C15H19BrN2O5/c1-4-21-13-6-11(8-17-18-10(3)19)12(16)7-14(13)23-9-15(20)22-5-2/h6-8H,4-5,9H2,1-3H3,(H,18,19). The van der Waals surface area contributed by atoms with E-state index in [1.807, 2.05) is 6.92 Å². The van der Waals surface area contributed by atoms with E-state index in [9.17, 15) is 9.59 Å². The number of amides is 1. The van der Waals surface area contributed by atoms with Crippen LogP contribution < -0.4 is 14.9 Å². The summed E-state index contributed by atoms with van der Waals surface area (Å²) in [5.41, 5.74) is 3.00. The number of ether oxygens (including phenoxy) is 3. The first-order chi connectivity index (χ1) is 11.0. The Labute approximate surface area is 143 Å². The van der Waals surface area contributed by atoms with Gasteiger partial charge >= 0.3 is 5.97 Å². The highest BCUT2D eigenvalue weighted by Gasteiger charge is 2.12. The van der Waals surface area contributed by atoms with Gasteiger partial charge in [-0.1, -0.05) is 0 Å². The van der Waals surface area contributed by atoms with Crippen molar-refractivity contribution in [2.24, 2.45) is 5.10 Å². The third-order valence-electron chi connectivity index (χ3n) is 2.44. The van der Waals surface area contributed by atoms with Crippen LogP contribution in [0.15, 0.2) is 21.7 Å². The second-order valence-electron chi connectivity index (χ2n) is 4.27. The highest BCUT2D eigenvalue weighted by atomic mass is 79.9. The normalized spacial score (nSPS) is 10.4. The van der Waals surface area contributed by atoms with Crippen LogP contribution in [-0.4, -0.2) is 37.9 Å². The minimum absolute atomic E-state index is 0.209. The Morgan fingerprint density at radius 2 is 1.91 bits per heavy atom. The van der Waals surface area contributed by atoms with Crippen molar-refractivity contribution in [1.82, 2.24) is 5.43 Å². The third kappa shape index (κ3) is 6.68. The molecular formula is C15H19BrN2O5. The maximum Gasteiger partial charge on any atom is 0.344 e. The fourth-order valence-electron chi connectivity index (χ4n) is 1.56. The molecule has 7 nitrogen and oxygen atoms in total. The zero-order valence-electron chi connectivity index (χ0n) is 13.2. The van der Waals surface area contributed by atoms with Crippen molar-refractivity contribution >= 4 is 34.0 Å². The maximum absolute atomic E-state index is 11.4. The first kappa shape index (κ1) is 19.0. The van der Waals surface area contributed by atoms with Crippen LogP contribution in [0.1, 0.15) is 26.3 Å². The monoisotopic (exact) mass is 386 g/mol. The molecule has 1 aromatic carbocycles. The van der Waals surface area contributed by atoms with Gasteiger partial charge in [0, 0.05) is 17.0 Å². The van der Waals surface area contributed by atoms with Crippen LogP contribution in [0.5, 0.6) is 11.5 Å². The number of halogens is 1. The average molecular weight is 387 g/mol. The quantitative estimate of drug-likeness (QED) is 0.420.